The van der Waals surface area contributed by atoms with Crippen LogP contribution in [0.1, 0.15) is 22.0 Å². The number of hydrogen-bond donors (Lipinski definition) is 1. The Bertz CT molecular complexity index is 1370. The largest absolute Gasteiger partial charge is 0.755 e. The molecule has 0 saturated heterocycles. The van der Waals surface area contributed by atoms with Crippen molar-refractivity contribution in [3.05, 3.63) is 93.6 Å². The number of anilines is 2. The number of amides is 1. The topological polar surface area (TPSA) is 98.2 Å². The molecule has 0 aliphatic rings. The number of hydrogen-bond acceptors (Lipinski definition) is 5. The van der Waals surface area contributed by atoms with E-state index in [1.54, 1.807) is 24.3 Å². The summed E-state index contributed by atoms with van der Waals surface area (Å²) in [5.74, 6) is -1.18. The highest BCUT2D eigenvalue weighted by Gasteiger charge is 2.24. The van der Waals surface area contributed by atoms with E-state index in [4.69, 9.17) is 0 Å². The lowest BCUT2D eigenvalue weighted by molar-refractivity contribution is 0.0930. The van der Waals surface area contributed by atoms with Gasteiger partial charge < -0.3 is 9.87 Å². The van der Waals surface area contributed by atoms with E-state index in [9.17, 15) is 22.3 Å². The molecule has 0 bridgehead atoms. The summed E-state index contributed by atoms with van der Waals surface area (Å²) >= 11 is -0.831. The smallest absolute Gasteiger partial charge is 0.254 e. The first-order valence-corrected chi connectivity index (χ1v) is 12.0. The van der Waals surface area contributed by atoms with Crippen molar-refractivity contribution in [3.63, 3.8) is 0 Å². The molecule has 4 rings (SSSR count). The van der Waals surface area contributed by atoms with E-state index in [2.05, 4.69) is 15.3 Å². The predicted molar refractivity (Wildman–Crippen MR) is 132 cm³/mol. The van der Waals surface area contributed by atoms with Crippen molar-refractivity contribution < 1.29 is 22.3 Å². The molecule has 3 aromatic carbocycles. The molecule has 1 N–H and O–H groups in total. The van der Waals surface area contributed by atoms with E-state index in [1.165, 1.54) is 48.8 Å². The molecule has 0 spiro atoms. The average Bonchev–Trinajstić information content (AvgIpc) is 2.83. The zero-order chi connectivity index (χ0) is 24.2. The summed E-state index contributed by atoms with van der Waals surface area (Å²) in [6, 6.07) is 13.6. The third-order valence-corrected chi connectivity index (χ3v) is 6.36. The minimum Gasteiger partial charge on any atom is -0.755 e. The highest BCUT2D eigenvalue weighted by Crippen LogP contribution is 2.35. The molecule has 0 aliphatic heterocycles. The van der Waals surface area contributed by atoms with E-state index in [0.29, 0.717) is 20.2 Å². The van der Waals surface area contributed by atoms with Gasteiger partial charge in [-0.05, 0) is 70.6 Å². The van der Waals surface area contributed by atoms with E-state index >= 15 is 0 Å². The number of para-hydroxylation sites is 1. The van der Waals surface area contributed by atoms with Crippen LogP contribution in [-0.2, 0) is 11.3 Å². The number of halogens is 3. The highest BCUT2D eigenvalue weighted by atomic mass is 127. The van der Waals surface area contributed by atoms with Gasteiger partial charge in [0.05, 0.1) is 39.8 Å². The normalized spacial score (nSPS) is 12.8. The molecule has 174 valence electrons. The van der Waals surface area contributed by atoms with E-state index in [1.807, 2.05) is 22.6 Å². The van der Waals surface area contributed by atoms with Gasteiger partial charge in [0.2, 0.25) is 0 Å². The van der Waals surface area contributed by atoms with Crippen LogP contribution >= 0.6 is 22.6 Å². The Kier molecular flexibility index (Phi) is 7.44. The Morgan fingerprint density at radius 2 is 1.82 bits per heavy atom. The van der Waals surface area contributed by atoms with Gasteiger partial charge >= 0.3 is 0 Å². The summed E-state index contributed by atoms with van der Waals surface area (Å²) in [5, 5.41) is 2.57. The molecule has 2 atom stereocenters. The van der Waals surface area contributed by atoms with Crippen molar-refractivity contribution in [3.8, 4) is 0 Å². The first-order chi connectivity index (χ1) is 16.4. The number of fused-ring (bicyclic) bond motifs is 1. The number of nitrogens with zero attached hydrogens (tertiary/aromatic N) is 3. The Morgan fingerprint density at radius 1 is 1.09 bits per heavy atom. The second-order valence-electron chi connectivity index (χ2n) is 7.11. The van der Waals surface area contributed by atoms with Gasteiger partial charge in [-0.25, -0.2) is 8.78 Å². The first kappa shape index (κ1) is 24.1. The fraction of sp³-hybridized carbons (Fsp3) is 0.0870. The van der Waals surface area contributed by atoms with E-state index in [0.717, 1.165) is 4.31 Å². The number of alkyl halides is 1. The van der Waals surface area contributed by atoms with Crippen LogP contribution in [0.25, 0.3) is 11.0 Å². The van der Waals surface area contributed by atoms with Crippen LogP contribution in [0.5, 0.6) is 0 Å². The van der Waals surface area contributed by atoms with Gasteiger partial charge in [-0.2, -0.15) is 0 Å². The van der Waals surface area contributed by atoms with Crippen LogP contribution < -0.4 is 9.62 Å². The summed E-state index contributed by atoms with van der Waals surface area (Å²) < 4.78 is 53.5. The third-order valence-electron chi connectivity index (χ3n) is 5.00. The fourth-order valence-corrected chi connectivity index (χ4v) is 4.53. The van der Waals surface area contributed by atoms with Crippen LogP contribution in [0.3, 0.4) is 0 Å². The number of benzene rings is 3. The monoisotopic (exact) mass is 593 g/mol. The molecular formula is C23H16F2IN4O3S-. The van der Waals surface area contributed by atoms with Gasteiger partial charge in [0.15, 0.2) is 0 Å². The van der Waals surface area contributed by atoms with Crippen molar-refractivity contribution in [2.75, 3.05) is 11.0 Å². The van der Waals surface area contributed by atoms with E-state index in [-0.39, 0.29) is 16.9 Å². The molecule has 4 aromatic rings. The van der Waals surface area contributed by atoms with Crippen LogP contribution in [0.2, 0.25) is 0 Å². The minimum atomic E-state index is -2.83. The van der Waals surface area contributed by atoms with Crippen molar-refractivity contribution >= 4 is 62.2 Å². The average molecular weight is 593 g/mol. The molecule has 7 nitrogen and oxygen atoms in total. The Morgan fingerprint density at radius 3 is 2.53 bits per heavy atom. The molecule has 11 heteroatoms. The number of carbonyl (C=O) groups is 1. The summed E-state index contributed by atoms with van der Waals surface area (Å²) in [5.41, 5.74) is 1.44. The van der Waals surface area contributed by atoms with Crippen molar-refractivity contribution in [1.29, 1.82) is 0 Å². The van der Waals surface area contributed by atoms with Crippen LogP contribution in [0, 0.1) is 9.39 Å². The Hall–Kier alpha value is -3.03. The highest BCUT2D eigenvalue weighted by molar-refractivity contribution is 14.1. The zero-order valence-corrected chi connectivity index (χ0v) is 20.3. The fourth-order valence-electron chi connectivity index (χ4n) is 3.44. The minimum absolute atomic E-state index is 0.00562. The first-order valence-electron chi connectivity index (χ1n) is 9.90. The molecule has 34 heavy (non-hydrogen) atoms. The number of carbonyl (C=O) groups excluding carboxylic acids is 1. The van der Waals surface area contributed by atoms with Gasteiger partial charge in [0.1, 0.15) is 18.0 Å². The van der Waals surface area contributed by atoms with Gasteiger partial charge in [0, 0.05) is 16.0 Å². The molecule has 1 amide bonds. The van der Waals surface area contributed by atoms with Crippen molar-refractivity contribution in [1.82, 2.24) is 15.3 Å². The molecular weight excluding hydrogens is 577 g/mol. The lowest BCUT2D eigenvalue weighted by Gasteiger charge is -2.29. The van der Waals surface area contributed by atoms with Crippen LogP contribution in [0.15, 0.2) is 73.1 Å². The Labute approximate surface area is 209 Å². The lowest BCUT2D eigenvalue weighted by atomic mass is 10.1. The van der Waals surface area contributed by atoms with Crippen LogP contribution in [-0.4, -0.2) is 31.3 Å². The second-order valence-corrected chi connectivity index (χ2v) is 9.15. The summed E-state index contributed by atoms with van der Waals surface area (Å²) in [6.07, 6.45) is 2.93. The molecule has 0 aliphatic carbocycles. The maximum atomic E-state index is 13.8. The molecule has 1 heterocycles. The van der Waals surface area contributed by atoms with Gasteiger partial charge in [-0.3, -0.25) is 23.3 Å². The maximum absolute atomic E-state index is 13.8. The van der Waals surface area contributed by atoms with Gasteiger partial charge in [-0.1, -0.05) is 18.2 Å². The van der Waals surface area contributed by atoms with Crippen molar-refractivity contribution in [2.24, 2.45) is 0 Å². The van der Waals surface area contributed by atoms with Gasteiger partial charge in [-0.15, -0.1) is 0 Å². The molecule has 2 unspecified atom stereocenters. The summed E-state index contributed by atoms with van der Waals surface area (Å²) in [6.45, 7) is -0.937. The zero-order valence-electron chi connectivity index (χ0n) is 17.3. The SMILES string of the molecule is O=C(NC(CF)c1ccc(F)cc1)c1ccc(I)cc1N(c1cccc2nccnc12)S(=O)[O-]. The number of nitrogens with one attached hydrogen (secondary N) is 1. The number of aromatic nitrogens is 2. The number of rotatable bonds is 7. The van der Waals surface area contributed by atoms with E-state index < -0.39 is 35.7 Å². The third kappa shape index (κ3) is 5.05. The van der Waals surface area contributed by atoms with Gasteiger partial charge in [0.25, 0.3) is 5.91 Å². The second kappa shape index (κ2) is 10.5. The molecule has 0 saturated carbocycles. The predicted octanol–water partition coefficient (Wildman–Crippen LogP) is 4.75. The van der Waals surface area contributed by atoms with Crippen LogP contribution in [0.4, 0.5) is 20.2 Å². The van der Waals surface area contributed by atoms with Crippen molar-refractivity contribution in [2.45, 2.75) is 6.04 Å². The molecule has 0 fully saturated rings. The Balaban J connectivity index is 1.78. The standard InChI is InChI=1S/C23H17F2IN4O3S/c24-13-19(14-4-6-15(25)7-5-14)29-23(31)17-9-8-16(26)12-21(17)30(34(32)33)20-3-1-2-18-22(20)28-11-10-27-18/h1-12,19H,13H2,(H,29,31)(H,32,33)/p-1. The maximum Gasteiger partial charge on any atom is 0.254 e. The molecule has 0 radical (unpaired) electrons. The molecule has 1 aromatic heterocycles. The quantitative estimate of drug-likeness (QED) is 0.247. The summed E-state index contributed by atoms with van der Waals surface area (Å²) in [4.78, 5) is 21.7. The lowest BCUT2D eigenvalue weighted by Crippen LogP contribution is -2.32. The summed E-state index contributed by atoms with van der Waals surface area (Å²) in [7, 11) is 0.